The van der Waals surface area contributed by atoms with Gasteiger partial charge in [0, 0.05) is 38.4 Å². The van der Waals surface area contributed by atoms with E-state index in [1.54, 1.807) is 0 Å². The summed E-state index contributed by atoms with van der Waals surface area (Å²) in [6, 6.07) is 18.6. The van der Waals surface area contributed by atoms with Crippen molar-refractivity contribution in [1.29, 1.82) is 0 Å². The Morgan fingerprint density at radius 2 is 1.61 bits per heavy atom. The molecule has 1 saturated heterocycles. The number of carbonyl (C=O) groups is 1. The highest BCUT2D eigenvalue weighted by atomic mass is 16.2. The van der Waals surface area contributed by atoms with Crippen molar-refractivity contribution in [2.75, 3.05) is 31.1 Å². The minimum atomic E-state index is 0.0254. The van der Waals surface area contributed by atoms with E-state index in [1.165, 1.54) is 11.3 Å². The Morgan fingerprint density at radius 3 is 2.26 bits per heavy atom. The maximum absolute atomic E-state index is 12.3. The number of rotatable bonds is 3. The Hall–Kier alpha value is -2.49. The molecule has 1 heterocycles. The fourth-order valence-corrected chi connectivity index (χ4v) is 2.81. The lowest BCUT2D eigenvalue weighted by atomic mass is 10.2. The molecule has 0 spiro atoms. The van der Waals surface area contributed by atoms with Crippen LogP contribution in [-0.2, 0) is 6.54 Å². The summed E-state index contributed by atoms with van der Waals surface area (Å²) >= 11 is 0. The zero-order chi connectivity index (χ0) is 16.1. The first-order valence-corrected chi connectivity index (χ1v) is 8.11. The Kier molecular flexibility index (Phi) is 4.81. The molecule has 2 amide bonds. The minimum Gasteiger partial charge on any atom is -0.368 e. The lowest BCUT2D eigenvalue weighted by molar-refractivity contribution is 0.194. The highest BCUT2D eigenvalue weighted by Crippen LogP contribution is 2.17. The smallest absolute Gasteiger partial charge is 0.317 e. The predicted molar refractivity (Wildman–Crippen MR) is 93.6 cm³/mol. The molecule has 0 saturated carbocycles. The van der Waals surface area contributed by atoms with Crippen molar-refractivity contribution in [2.45, 2.75) is 13.5 Å². The quantitative estimate of drug-likeness (QED) is 0.946. The van der Waals surface area contributed by atoms with Crippen LogP contribution in [0.4, 0.5) is 10.5 Å². The Labute approximate surface area is 137 Å². The molecule has 0 unspecified atom stereocenters. The number of hydrogen-bond donors (Lipinski definition) is 1. The van der Waals surface area contributed by atoms with Gasteiger partial charge in [0.05, 0.1) is 0 Å². The van der Waals surface area contributed by atoms with E-state index >= 15 is 0 Å². The highest BCUT2D eigenvalue weighted by molar-refractivity contribution is 5.74. The molecule has 1 N–H and O–H groups in total. The summed E-state index contributed by atoms with van der Waals surface area (Å²) in [7, 11) is 0. The number of piperazine rings is 1. The van der Waals surface area contributed by atoms with Crippen molar-refractivity contribution in [2.24, 2.45) is 0 Å². The molecular weight excluding hydrogens is 286 g/mol. The number of amides is 2. The Morgan fingerprint density at radius 1 is 0.957 bits per heavy atom. The summed E-state index contributed by atoms with van der Waals surface area (Å²) < 4.78 is 0. The van der Waals surface area contributed by atoms with Gasteiger partial charge >= 0.3 is 6.03 Å². The number of carbonyl (C=O) groups excluding carboxylic acids is 1. The van der Waals surface area contributed by atoms with Crippen molar-refractivity contribution in [1.82, 2.24) is 10.2 Å². The van der Waals surface area contributed by atoms with Gasteiger partial charge in [-0.3, -0.25) is 0 Å². The van der Waals surface area contributed by atoms with Crippen LogP contribution in [0.25, 0.3) is 0 Å². The molecule has 1 aliphatic rings. The van der Waals surface area contributed by atoms with Crippen molar-refractivity contribution < 1.29 is 4.79 Å². The van der Waals surface area contributed by atoms with Crippen LogP contribution in [0, 0.1) is 6.92 Å². The normalized spacial score (nSPS) is 14.7. The first-order chi connectivity index (χ1) is 11.2. The van der Waals surface area contributed by atoms with Gasteiger partial charge in [0.25, 0.3) is 0 Å². The first kappa shape index (κ1) is 15.4. The maximum Gasteiger partial charge on any atom is 0.317 e. The van der Waals surface area contributed by atoms with Crippen LogP contribution < -0.4 is 10.2 Å². The summed E-state index contributed by atoms with van der Waals surface area (Å²) in [5.41, 5.74) is 3.63. The fraction of sp³-hybridized carbons (Fsp3) is 0.316. The topological polar surface area (TPSA) is 35.6 Å². The van der Waals surface area contributed by atoms with Gasteiger partial charge < -0.3 is 15.1 Å². The second-order valence-electron chi connectivity index (χ2n) is 5.95. The van der Waals surface area contributed by atoms with E-state index < -0.39 is 0 Å². The van der Waals surface area contributed by atoms with Gasteiger partial charge in [0.2, 0.25) is 0 Å². The fourth-order valence-electron chi connectivity index (χ4n) is 2.81. The molecule has 23 heavy (non-hydrogen) atoms. The van der Waals surface area contributed by atoms with Gasteiger partial charge in [0.1, 0.15) is 0 Å². The molecule has 1 fully saturated rings. The lowest BCUT2D eigenvalue weighted by Crippen LogP contribution is -2.51. The monoisotopic (exact) mass is 309 g/mol. The number of anilines is 1. The summed E-state index contributed by atoms with van der Waals surface area (Å²) in [6.45, 7) is 5.95. The molecule has 2 aromatic carbocycles. The van der Waals surface area contributed by atoms with Gasteiger partial charge in [-0.05, 0) is 24.6 Å². The first-order valence-electron chi connectivity index (χ1n) is 8.11. The summed E-state index contributed by atoms with van der Waals surface area (Å²) in [6.07, 6.45) is 0. The van der Waals surface area contributed by atoms with Crippen molar-refractivity contribution >= 4 is 11.7 Å². The van der Waals surface area contributed by atoms with Gasteiger partial charge in [0.15, 0.2) is 0 Å². The van der Waals surface area contributed by atoms with Crippen LogP contribution in [0.5, 0.6) is 0 Å². The zero-order valence-corrected chi connectivity index (χ0v) is 13.5. The number of aryl methyl sites for hydroxylation is 1. The second-order valence-corrected chi connectivity index (χ2v) is 5.95. The van der Waals surface area contributed by atoms with Crippen LogP contribution in [0.2, 0.25) is 0 Å². The Bertz CT molecular complexity index is 631. The number of benzene rings is 2. The molecular formula is C19H23N3O. The van der Waals surface area contributed by atoms with Gasteiger partial charge in [-0.1, -0.05) is 48.0 Å². The number of hydrogen-bond acceptors (Lipinski definition) is 2. The van der Waals surface area contributed by atoms with E-state index in [0.717, 1.165) is 31.7 Å². The SMILES string of the molecule is Cc1ccc(N2CCN(C(=O)NCc3ccccc3)CC2)cc1. The van der Waals surface area contributed by atoms with Crippen LogP contribution in [0.15, 0.2) is 54.6 Å². The molecule has 4 heteroatoms. The van der Waals surface area contributed by atoms with Crippen LogP contribution in [0.1, 0.15) is 11.1 Å². The number of urea groups is 1. The van der Waals surface area contributed by atoms with Crippen molar-refractivity contribution in [3.8, 4) is 0 Å². The van der Waals surface area contributed by atoms with Gasteiger partial charge in [-0.25, -0.2) is 4.79 Å². The van der Waals surface area contributed by atoms with Gasteiger partial charge in [-0.15, -0.1) is 0 Å². The third-order valence-electron chi connectivity index (χ3n) is 4.25. The van der Waals surface area contributed by atoms with Crippen molar-refractivity contribution in [3.63, 3.8) is 0 Å². The molecule has 0 aliphatic carbocycles. The highest BCUT2D eigenvalue weighted by Gasteiger charge is 2.20. The number of nitrogens with zero attached hydrogens (tertiary/aromatic N) is 2. The third kappa shape index (κ3) is 4.03. The van der Waals surface area contributed by atoms with Crippen LogP contribution >= 0.6 is 0 Å². The minimum absolute atomic E-state index is 0.0254. The molecule has 120 valence electrons. The van der Waals surface area contributed by atoms with E-state index in [4.69, 9.17) is 0 Å². The van der Waals surface area contributed by atoms with E-state index in [9.17, 15) is 4.79 Å². The van der Waals surface area contributed by atoms with E-state index in [2.05, 4.69) is 41.4 Å². The third-order valence-corrected chi connectivity index (χ3v) is 4.25. The van der Waals surface area contributed by atoms with E-state index in [-0.39, 0.29) is 6.03 Å². The zero-order valence-electron chi connectivity index (χ0n) is 13.5. The Balaban J connectivity index is 1.48. The summed E-state index contributed by atoms with van der Waals surface area (Å²) in [5, 5.41) is 3.00. The van der Waals surface area contributed by atoms with Crippen LogP contribution in [-0.4, -0.2) is 37.1 Å². The molecule has 2 aromatic rings. The summed E-state index contributed by atoms with van der Waals surface area (Å²) in [5.74, 6) is 0. The van der Waals surface area contributed by atoms with Gasteiger partial charge in [-0.2, -0.15) is 0 Å². The van der Waals surface area contributed by atoms with Crippen molar-refractivity contribution in [3.05, 3.63) is 65.7 Å². The average Bonchev–Trinajstić information content (AvgIpc) is 2.61. The number of nitrogens with one attached hydrogen (secondary N) is 1. The lowest BCUT2D eigenvalue weighted by Gasteiger charge is -2.36. The van der Waals surface area contributed by atoms with E-state index in [1.807, 2.05) is 35.2 Å². The molecule has 1 aliphatic heterocycles. The molecule has 0 bridgehead atoms. The largest absolute Gasteiger partial charge is 0.368 e. The second kappa shape index (κ2) is 7.18. The maximum atomic E-state index is 12.3. The molecule has 0 aromatic heterocycles. The van der Waals surface area contributed by atoms with E-state index in [0.29, 0.717) is 6.54 Å². The average molecular weight is 309 g/mol. The molecule has 0 radical (unpaired) electrons. The predicted octanol–water partition coefficient (Wildman–Crippen LogP) is 3.03. The molecule has 4 nitrogen and oxygen atoms in total. The molecule has 3 rings (SSSR count). The van der Waals surface area contributed by atoms with Crippen LogP contribution in [0.3, 0.4) is 0 Å². The standard InChI is InChI=1S/C19H23N3O/c1-16-7-9-18(10-8-16)21-11-13-22(14-12-21)19(23)20-15-17-5-3-2-4-6-17/h2-10H,11-15H2,1H3,(H,20,23). The molecule has 0 atom stereocenters. The summed E-state index contributed by atoms with van der Waals surface area (Å²) in [4.78, 5) is 16.5.